The van der Waals surface area contributed by atoms with Gasteiger partial charge in [0.2, 0.25) is 0 Å². The topological polar surface area (TPSA) is 87.7 Å². The van der Waals surface area contributed by atoms with E-state index in [0.29, 0.717) is 6.42 Å². The first kappa shape index (κ1) is 14.8. The average molecular weight is 283 g/mol. The molecule has 1 saturated carbocycles. The van der Waals surface area contributed by atoms with Crippen LogP contribution in [0.5, 0.6) is 0 Å². The second kappa shape index (κ2) is 5.78. The van der Waals surface area contributed by atoms with Gasteiger partial charge in [-0.1, -0.05) is 19.8 Å². The number of amides is 4. The van der Waals surface area contributed by atoms with Gasteiger partial charge < -0.3 is 5.32 Å². The maximum atomic E-state index is 12.1. The molecule has 7 heteroatoms. The number of rotatable bonds is 5. The summed E-state index contributed by atoms with van der Waals surface area (Å²) in [5, 5.41) is 2.60. The van der Waals surface area contributed by atoms with Gasteiger partial charge in [0.15, 0.2) is 0 Å². The van der Waals surface area contributed by atoms with E-state index in [1.165, 1.54) is 0 Å². The Bertz CT molecular complexity index is 420. The van der Waals surface area contributed by atoms with Gasteiger partial charge in [0.25, 0.3) is 11.8 Å². The molecule has 2 aliphatic rings. The maximum absolute atomic E-state index is 12.1. The smallest absolute Gasteiger partial charge is 0.323 e. The van der Waals surface area contributed by atoms with Gasteiger partial charge in [-0.05, 0) is 26.2 Å². The van der Waals surface area contributed by atoms with Gasteiger partial charge in [-0.15, -0.1) is 0 Å². The minimum absolute atomic E-state index is 0.0444. The molecule has 1 aliphatic heterocycles. The van der Waals surface area contributed by atoms with Crippen molar-refractivity contribution in [1.82, 2.24) is 15.7 Å². The van der Waals surface area contributed by atoms with E-state index in [1.807, 2.05) is 6.92 Å². The molecule has 0 aromatic heterocycles. The Morgan fingerprint density at radius 1 is 1.45 bits per heavy atom. The first-order chi connectivity index (χ1) is 9.46. The molecule has 2 fully saturated rings. The number of hydrogen-bond acceptors (Lipinski definition) is 4. The van der Waals surface area contributed by atoms with Crippen molar-refractivity contribution in [1.29, 1.82) is 0 Å². The second-order valence-electron chi connectivity index (χ2n) is 5.56. The molecule has 1 heterocycles. The molecule has 2 N–H and O–H groups in total. The standard InChI is InChI=1S/C13H21N3O4/c1-3-13(2)11(18)16(12(19)14-13)8-10(17)15-20-9-6-4-5-7-9/h9H,3-8H2,1-2H3,(H,14,19)(H,15,17). The molecule has 1 atom stereocenters. The zero-order valence-corrected chi connectivity index (χ0v) is 11.9. The fourth-order valence-electron chi connectivity index (χ4n) is 2.46. The summed E-state index contributed by atoms with van der Waals surface area (Å²) >= 11 is 0. The van der Waals surface area contributed by atoms with Crippen molar-refractivity contribution in [2.24, 2.45) is 0 Å². The number of nitrogens with one attached hydrogen (secondary N) is 2. The van der Waals surface area contributed by atoms with Crippen LogP contribution < -0.4 is 10.8 Å². The number of carbonyl (C=O) groups excluding carboxylic acids is 3. The molecule has 1 unspecified atom stereocenters. The molecule has 112 valence electrons. The van der Waals surface area contributed by atoms with E-state index in [2.05, 4.69) is 10.8 Å². The van der Waals surface area contributed by atoms with E-state index in [4.69, 9.17) is 4.84 Å². The van der Waals surface area contributed by atoms with Gasteiger partial charge in [-0.3, -0.25) is 19.3 Å². The van der Waals surface area contributed by atoms with E-state index in [0.717, 1.165) is 30.6 Å². The predicted molar refractivity (Wildman–Crippen MR) is 70.4 cm³/mol. The van der Waals surface area contributed by atoms with E-state index in [-0.39, 0.29) is 18.6 Å². The number of urea groups is 1. The molecule has 2 rings (SSSR count). The zero-order valence-electron chi connectivity index (χ0n) is 11.9. The number of hydrogen-bond donors (Lipinski definition) is 2. The number of nitrogens with zero attached hydrogens (tertiary/aromatic N) is 1. The van der Waals surface area contributed by atoms with Crippen molar-refractivity contribution >= 4 is 17.8 Å². The van der Waals surface area contributed by atoms with E-state index >= 15 is 0 Å². The van der Waals surface area contributed by atoms with Crippen molar-refractivity contribution < 1.29 is 19.2 Å². The third kappa shape index (κ3) is 2.92. The summed E-state index contributed by atoms with van der Waals surface area (Å²) in [6, 6.07) is -0.532. The highest BCUT2D eigenvalue weighted by Crippen LogP contribution is 2.21. The summed E-state index contributed by atoms with van der Waals surface area (Å²) in [4.78, 5) is 41.7. The number of carbonyl (C=O) groups is 3. The number of imide groups is 1. The van der Waals surface area contributed by atoms with Gasteiger partial charge in [-0.2, -0.15) is 0 Å². The SMILES string of the molecule is CCC1(C)NC(=O)N(CC(=O)NOC2CCCC2)C1=O. The Balaban J connectivity index is 1.84. The van der Waals surface area contributed by atoms with Gasteiger partial charge >= 0.3 is 6.03 Å². The van der Waals surface area contributed by atoms with Crippen molar-refractivity contribution in [2.45, 2.75) is 57.6 Å². The molecule has 4 amide bonds. The zero-order chi connectivity index (χ0) is 14.8. The Hall–Kier alpha value is -1.63. The lowest BCUT2D eigenvalue weighted by molar-refractivity contribution is -0.143. The van der Waals surface area contributed by atoms with Crippen LogP contribution in [0.1, 0.15) is 46.0 Å². The number of hydroxylamine groups is 1. The molecule has 0 spiro atoms. The van der Waals surface area contributed by atoms with Crippen molar-refractivity contribution in [2.75, 3.05) is 6.54 Å². The van der Waals surface area contributed by atoms with Crippen molar-refractivity contribution in [3.8, 4) is 0 Å². The minimum atomic E-state index is -0.913. The van der Waals surface area contributed by atoms with Crippen LogP contribution in [0, 0.1) is 0 Å². The first-order valence-electron chi connectivity index (χ1n) is 7.05. The molecular formula is C13H21N3O4. The van der Waals surface area contributed by atoms with Gasteiger partial charge in [0, 0.05) is 0 Å². The fraction of sp³-hybridized carbons (Fsp3) is 0.769. The lowest BCUT2D eigenvalue weighted by atomic mass is 9.99. The molecular weight excluding hydrogens is 262 g/mol. The van der Waals surface area contributed by atoms with Crippen LogP contribution >= 0.6 is 0 Å². The van der Waals surface area contributed by atoms with Crippen LogP contribution in [0.4, 0.5) is 4.79 Å². The molecule has 0 bridgehead atoms. The Morgan fingerprint density at radius 2 is 2.10 bits per heavy atom. The fourth-order valence-corrected chi connectivity index (χ4v) is 2.46. The van der Waals surface area contributed by atoms with E-state index in [9.17, 15) is 14.4 Å². The molecule has 7 nitrogen and oxygen atoms in total. The highest BCUT2D eigenvalue weighted by Gasteiger charge is 2.47. The summed E-state index contributed by atoms with van der Waals surface area (Å²) < 4.78 is 0. The van der Waals surface area contributed by atoms with Crippen molar-refractivity contribution in [3.63, 3.8) is 0 Å². The van der Waals surface area contributed by atoms with Gasteiger partial charge in [0.1, 0.15) is 12.1 Å². The summed E-state index contributed by atoms with van der Waals surface area (Å²) in [6.07, 6.45) is 4.58. The van der Waals surface area contributed by atoms with Crippen LogP contribution in [0.15, 0.2) is 0 Å². The summed E-state index contributed by atoms with van der Waals surface area (Å²) in [5.74, 6) is -0.859. The molecule has 0 aromatic carbocycles. The third-order valence-corrected chi connectivity index (χ3v) is 4.00. The summed E-state index contributed by atoms with van der Waals surface area (Å²) in [5.41, 5.74) is 1.41. The Kier molecular flexibility index (Phi) is 4.27. The van der Waals surface area contributed by atoms with E-state index < -0.39 is 17.5 Å². The van der Waals surface area contributed by atoms with Crippen LogP contribution in [-0.2, 0) is 14.4 Å². The van der Waals surface area contributed by atoms with E-state index in [1.54, 1.807) is 6.92 Å². The molecule has 0 aromatic rings. The van der Waals surface area contributed by atoms with Gasteiger partial charge in [-0.25, -0.2) is 10.3 Å². The largest absolute Gasteiger partial charge is 0.325 e. The summed E-state index contributed by atoms with van der Waals surface area (Å²) in [6.45, 7) is 3.15. The Morgan fingerprint density at radius 3 is 2.65 bits per heavy atom. The monoisotopic (exact) mass is 283 g/mol. The maximum Gasteiger partial charge on any atom is 0.325 e. The summed E-state index contributed by atoms with van der Waals surface area (Å²) in [7, 11) is 0. The second-order valence-corrected chi connectivity index (χ2v) is 5.56. The lowest BCUT2D eigenvalue weighted by Crippen LogP contribution is -2.45. The van der Waals surface area contributed by atoms with Crippen molar-refractivity contribution in [3.05, 3.63) is 0 Å². The minimum Gasteiger partial charge on any atom is -0.323 e. The van der Waals surface area contributed by atoms with Crippen LogP contribution in [0.3, 0.4) is 0 Å². The van der Waals surface area contributed by atoms with Crippen LogP contribution in [0.25, 0.3) is 0 Å². The molecule has 20 heavy (non-hydrogen) atoms. The third-order valence-electron chi connectivity index (χ3n) is 4.00. The normalized spacial score (nSPS) is 27.0. The van der Waals surface area contributed by atoms with Crippen LogP contribution in [-0.4, -0.2) is 40.9 Å². The average Bonchev–Trinajstić information content (AvgIpc) is 3.00. The first-order valence-corrected chi connectivity index (χ1v) is 7.05. The quantitative estimate of drug-likeness (QED) is 0.574. The van der Waals surface area contributed by atoms with Gasteiger partial charge in [0.05, 0.1) is 6.10 Å². The molecule has 1 aliphatic carbocycles. The molecule has 1 saturated heterocycles. The van der Waals surface area contributed by atoms with Crippen LogP contribution in [0.2, 0.25) is 0 Å². The predicted octanol–water partition coefficient (Wildman–Crippen LogP) is 0.697. The Labute approximate surface area is 118 Å². The highest BCUT2D eigenvalue weighted by molar-refractivity contribution is 6.08. The lowest BCUT2D eigenvalue weighted by Gasteiger charge is -2.19. The molecule has 0 radical (unpaired) electrons. The highest BCUT2D eigenvalue weighted by atomic mass is 16.7.